The van der Waals surface area contributed by atoms with Crippen LogP contribution in [0.15, 0.2) is 0 Å². The molecule has 0 aliphatic carbocycles. The molecule has 0 aliphatic rings. The molecule has 1 atom stereocenters. The quantitative estimate of drug-likeness (QED) is 0.445. The molecule has 0 aromatic rings. The molecule has 4 nitrogen and oxygen atoms in total. The van der Waals surface area contributed by atoms with Crippen molar-refractivity contribution in [1.82, 2.24) is 10.6 Å². The Balaban J connectivity index is 3.05. The van der Waals surface area contributed by atoms with Crippen LogP contribution in [0.2, 0.25) is 0 Å². The number of alkyl carbamates (subject to hydrolysis) is 1. The molecule has 60 valence electrons. The van der Waals surface area contributed by atoms with E-state index in [1.165, 1.54) is 0 Å². The van der Waals surface area contributed by atoms with Gasteiger partial charge in [-0.3, -0.25) is 0 Å². The average molecular weight is 164 g/mol. The van der Waals surface area contributed by atoms with Gasteiger partial charge in [-0.2, -0.15) is 0 Å². The van der Waals surface area contributed by atoms with Crippen LogP contribution in [0.3, 0.4) is 0 Å². The lowest BCUT2D eigenvalue weighted by atomic mass is 10.7. The van der Waals surface area contributed by atoms with Crippen molar-refractivity contribution in [2.45, 2.75) is 0 Å². The zero-order valence-electron chi connectivity index (χ0n) is 6.02. The molecule has 0 rings (SSSR count). The zero-order chi connectivity index (χ0) is 7.82. The third-order valence-corrected chi connectivity index (χ3v) is 1.04. The molecule has 0 saturated heterocycles. The van der Waals surface area contributed by atoms with E-state index in [0.29, 0.717) is 19.4 Å². The normalized spacial score (nSPS) is 9.00. The van der Waals surface area contributed by atoms with Crippen molar-refractivity contribution in [2.75, 3.05) is 26.5 Å². The summed E-state index contributed by atoms with van der Waals surface area (Å²) in [5.41, 5.74) is 0. The van der Waals surface area contributed by atoms with Gasteiger partial charge in [-0.1, -0.05) is 0 Å². The first kappa shape index (κ1) is 9.66. The first-order valence-electron chi connectivity index (χ1n) is 3.06. The van der Waals surface area contributed by atoms with Gasteiger partial charge in [-0.05, 0) is 7.05 Å². The number of rotatable bonds is 4. The monoisotopic (exact) mass is 164 g/mol. The predicted molar refractivity (Wildman–Crippen MR) is 43.0 cm³/mol. The van der Waals surface area contributed by atoms with E-state index in [9.17, 15) is 4.79 Å². The van der Waals surface area contributed by atoms with E-state index in [1.54, 1.807) is 7.05 Å². The number of amides is 1. The van der Waals surface area contributed by atoms with E-state index in [1.807, 2.05) is 0 Å². The Bertz CT molecular complexity index is 99.6. The number of nitrogens with one attached hydrogen (secondary N) is 2. The van der Waals surface area contributed by atoms with Gasteiger partial charge in [0.25, 0.3) is 0 Å². The molecule has 2 N–H and O–H groups in total. The minimum Gasteiger partial charge on any atom is -0.448 e. The standard InChI is InChI=1S/C5H13N2O2P/c1-6-2-3-9-5(8)7-4-10/h6H,2-4,10H2,1H3,(H,7,8). The van der Waals surface area contributed by atoms with Gasteiger partial charge in [-0.15, -0.1) is 9.24 Å². The Morgan fingerprint density at radius 1 is 1.70 bits per heavy atom. The Kier molecular flexibility index (Phi) is 6.55. The number of likely N-dealkylation sites (N-methyl/N-ethyl adjacent to an activating group) is 1. The summed E-state index contributed by atoms with van der Waals surface area (Å²) in [6, 6.07) is 0. The summed E-state index contributed by atoms with van der Waals surface area (Å²) in [5.74, 6) is 0. The highest BCUT2D eigenvalue weighted by molar-refractivity contribution is 7.16. The van der Waals surface area contributed by atoms with Gasteiger partial charge < -0.3 is 15.4 Å². The van der Waals surface area contributed by atoms with Crippen LogP contribution < -0.4 is 10.6 Å². The van der Waals surface area contributed by atoms with Crippen LogP contribution in [0, 0.1) is 0 Å². The summed E-state index contributed by atoms with van der Waals surface area (Å²) in [5, 5.41) is 5.33. The molecule has 1 unspecified atom stereocenters. The van der Waals surface area contributed by atoms with Gasteiger partial charge in [0.05, 0.1) is 0 Å². The highest BCUT2D eigenvalue weighted by Gasteiger charge is 1.95. The van der Waals surface area contributed by atoms with Gasteiger partial charge >= 0.3 is 6.09 Å². The van der Waals surface area contributed by atoms with Crippen LogP contribution in [-0.4, -0.2) is 32.6 Å². The number of carbonyl (C=O) groups excluding carboxylic acids is 1. The third-order valence-electron chi connectivity index (χ3n) is 0.832. The molecule has 0 aromatic heterocycles. The number of hydrogen-bond donors (Lipinski definition) is 2. The number of hydrogen-bond acceptors (Lipinski definition) is 3. The van der Waals surface area contributed by atoms with E-state index in [4.69, 9.17) is 4.74 Å². The van der Waals surface area contributed by atoms with Gasteiger partial charge in [0.2, 0.25) is 0 Å². The molecular formula is C5H13N2O2P. The smallest absolute Gasteiger partial charge is 0.407 e. The fraction of sp³-hybridized carbons (Fsp3) is 0.800. The molecule has 5 heteroatoms. The first-order valence-corrected chi connectivity index (χ1v) is 3.88. The molecule has 0 saturated carbocycles. The highest BCUT2D eigenvalue weighted by Crippen LogP contribution is 1.78. The molecule has 1 amide bonds. The van der Waals surface area contributed by atoms with Crippen LogP contribution in [0.25, 0.3) is 0 Å². The Morgan fingerprint density at radius 2 is 2.40 bits per heavy atom. The van der Waals surface area contributed by atoms with Gasteiger partial charge in [0.15, 0.2) is 0 Å². The number of ether oxygens (including phenoxy) is 1. The second kappa shape index (κ2) is 6.78. The maximum Gasteiger partial charge on any atom is 0.407 e. The minimum atomic E-state index is -0.370. The number of carbonyl (C=O) groups is 1. The summed E-state index contributed by atoms with van der Waals surface area (Å²) in [6.07, 6.45) is 0.156. The van der Waals surface area contributed by atoms with Gasteiger partial charge in [0, 0.05) is 12.8 Å². The van der Waals surface area contributed by atoms with Gasteiger partial charge in [0.1, 0.15) is 6.61 Å². The van der Waals surface area contributed by atoms with E-state index >= 15 is 0 Å². The van der Waals surface area contributed by atoms with Crippen LogP contribution in [0.1, 0.15) is 0 Å². The topological polar surface area (TPSA) is 50.4 Å². The van der Waals surface area contributed by atoms with Crippen molar-refractivity contribution in [2.24, 2.45) is 0 Å². The molecule has 0 bridgehead atoms. The van der Waals surface area contributed by atoms with Crippen molar-refractivity contribution in [3.8, 4) is 0 Å². The summed E-state index contributed by atoms with van der Waals surface area (Å²) < 4.78 is 4.70. The molecule has 0 aromatic carbocycles. The van der Waals surface area contributed by atoms with Crippen LogP contribution in [0.4, 0.5) is 4.79 Å². The fourth-order valence-electron chi connectivity index (χ4n) is 0.380. The molecule has 0 fully saturated rings. The van der Waals surface area contributed by atoms with Crippen molar-refractivity contribution >= 4 is 15.3 Å². The van der Waals surface area contributed by atoms with Crippen molar-refractivity contribution in [3.63, 3.8) is 0 Å². The SMILES string of the molecule is CNCCOC(=O)NCP. The van der Waals surface area contributed by atoms with Gasteiger partial charge in [-0.25, -0.2) is 4.79 Å². The molecule has 0 radical (unpaired) electrons. The Labute approximate surface area is 62.9 Å². The molecule has 0 heterocycles. The average Bonchev–Trinajstić information content (AvgIpc) is 1.89. The molecule has 0 spiro atoms. The first-order chi connectivity index (χ1) is 4.81. The van der Waals surface area contributed by atoms with Crippen molar-refractivity contribution in [1.29, 1.82) is 0 Å². The largest absolute Gasteiger partial charge is 0.448 e. The van der Waals surface area contributed by atoms with Crippen LogP contribution in [-0.2, 0) is 4.74 Å². The maximum atomic E-state index is 10.5. The maximum absolute atomic E-state index is 10.5. The third kappa shape index (κ3) is 5.79. The summed E-state index contributed by atoms with van der Waals surface area (Å²) in [6.45, 7) is 1.09. The second-order valence-corrected chi connectivity index (χ2v) is 2.03. The van der Waals surface area contributed by atoms with Crippen molar-refractivity contribution < 1.29 is 9.53 Å². The lowest BCUT2D eigenvalue weighted by molar-refractivity contribution is 0.149. The summed E-state index contributed by atoms with van der Waals surface area (Å²) in [7, 11) is 4.18. The fourth-order valence-corrected chi connectivity index (χ4v) is 0.547. The molecule has 10 heavy (non-hydrogen) atoms. The van der Waals surface area contributed by atoms with E-state index < -0.39 is 0 Å². The highest BCUT2D eigenvalue weighted by atomic mass is 31.0. The second-order valence-electron chi connectivity index (χ2n) is 1.62. The Hall–Kier alpha value is -0.340. The molecule has 0 aliphatic heterocycles. The minimum absolute atomic E-state index is 0.370. The lowest BCUT2D eigenvalue weighted by Gasteiger charge is -2.03. The van der Waals surface area contributed by atoms with E-state index in [-0.39, 0.29) is 6.09 Å². The lowest BCUT2D eigenvalue weighted by Crippen LogP contribution is -2.25. The van der Waals surface area contributed by atoms with E-state index in [0.717, 1.165) is 0 Å². The summed E-state index contributed by atoms with van der Waals surface area (Å²) >= 11 is 0. The van der Waals surface area contributed by atoms with Crippen LogP contribution >= 0.6 is 9.24 Å². The summed E-state index contributed by atoms with van der Waals surface area (Å²) in [4.78, 5) is 10.5. The van der Waals surface area contributed by atoms with Crippen molar-refractivity contribution in [3.05, 3.63) is 0 Å². The van der Waals surface area contributed by atoms with Crippen LogP contribution in [0.5, 0.6) is 0 Å². The van der Waals surface area contributed by atoms with E-state index in [2.05, 4.69) is 19.9 Å². The Morgan fingerprint density at radius 3 is 2.90 bits per heavy atom. The zero-order valence-corrected chi connectivity index (χ0v) is 7.17. The molecular weight excluding hydrogens is 151 g/mol. The predicted octanol–water partition coefficient (Wildman–Crippen LogP) is -0.235.